The second kappa shape index (κ2) is 12.0. The Hall–Kier alpha value is -5.19. The zero-order valence-corrected chi connectivity index (χ0v) is 24.0. The zero-order chi connectivity index (χ0) is 29.9. The topological polar surface area (TPSA) is 129 Å². The number of carboxylic acid groups (broad SMARTS) is 1. The van der Waals surface area contributed by atoms with E-state index in [1.54, 1.807) is 41.3 Å². The van der Waals surface area contributed by atoms with E-state index in [0.29, 0.717) is 21.3 Å². The SMILES string of the molecule is O=C(N[C@@H](Cc1c[nH]c2ccccc12)C(=O)O)c1cccc(NC(=O)c2cn(-c3ccccc3)nc2-c2ccc(Cl)s2)c1. The molecule has 0 saturated carbocycles. The lowest BCUT2D eigenvalue weighted by Crippen LogP contribution is -2.42. The van der Waals surface area contributed by atoms with Crippen molar-refractivity contribution in [3.8, 4) is 16.3 Å². The van der Waals surface area contributed by atoms with Crippen LogP contribution in [0.3, 0.4) is 0 Å². The van der Waals surface area contributed by atoms with E-state index in [4.69, 9.17) is 11.6 Å². The molecule has 0 fully saturated rings. The van der Waals surface area contributed by atoms with Gasteiger partial charge in [0.15, 0.2) is 0 Å². The molecule has 0 aliphatic carbocycles. The van der Waals surface area contributed by atoms with Crippen molar-refractivity contribution in [3.05, 3.63) is 124 Å². The van der Waals surface area contributed by atoms with Gasteiger partial charge in [-0.15, -0.1) is 11.3 Å². The van der Waals surface area contributed by atoms with Gasteiger partial charge in [-0.25, -0.2) is 9.48 Å². The van der Waals surface area contributed by atoms with E-state index in [9.17, 15) is 19.5 Å². The van der Waals surface area contributed by atoms with Crippen LogP contribution in [0.1, 0.15) is 26.3 Å². The van der Waals surface area contributed by atoms with Gasteiger partial charge in [0.05, 0.1) is 20.5 Å². The molecular formula is C32H24ClN5O4S. The highest BCUT2D eigenvalue weighted by Gasteiger charge is 2.24. The van der Waals surface area contributed by atoms with Gasteiger partial charge in [0.25, 0.3) is 11.8 Å². The number of aliphatic carboxylic acids is 1. The Morgan fingerprint density at radius 2 is 1.74 bits per heavy atom. The number of benzene rings is 3. The van der Waals surface area contributed by atoms with Crippen LogP contribution in [0.4, 0.5) is 5.69 Å². The molecule has 0 unspecified atom stereocenters. The number of amides is 2. The second-order valence-corrected chi connectivity index (χ2v) is 11.5. The molecule has 0 radical (unpaired) electrons. The Kier molecular flexibility index (Phi) is 7.78. The standard InChI is InChI=1S/C32H24ClN5O4S/c33-28-14-13-27(43-28)29-24(18-38(37-29)22-9-2-1-3-10-22)31(40)35-21-8-6-7-19(15-21)30(39)36-26(32(41)42)16-20-17-34-25-12-5-4-11-23(20)25/h1-15,17-18,26,34H,16H2,(H,35,40)(H,36,39)(H,41,42)/t26-/m0/s1. The van der Waals surface area contributed by atoms with E-state index in [2.05, 4.69) is 20.7 Å². The highest BCUT2D eigenvalue weighted by atomic mass is 35.5. The minimum absolute atomic E-state index is 0.0996. The molecule has 11 heteroatoms. The number of hydrogen-bond donors (Lipinski definition) is 4. The molecule has 1 atom stereocenters. The fraction of sp³-hybridized carbons (Fsp3) is 0.0625. The van der Waals surface area contributed by atoms with Gasteiger partial charge in [-0.3, -0.25) is 9.59 Å². The smallest absolute Gasteiger partial charge is 0.326 e. The molecule has 9 nitrogen and oxygen atoms in total. The number of nitrogens with zero attached hydrogens (tertiary/aromatic N) is 2. The van der Waals surface area contributed by atoms with Crippen LogP contribution in [-0.4, -0.2) is 43.7 Å². The summed E-state index contributed by atoms with van der Waals surface area (Å²) in [7, 11) is 0. The molecule has 2 amide bonds. The van der Waals surface area contributed by atoms with Gasteiger partial charge in [-0.05, 0) is 54.1 Å². The predicted octanol–water partition coefficient (Wildman–Crippen LogP) is 6.41. The summed E-state index contributed by atoms with van der Waals surface area (Å²) >= 11 is 7.48. The van der Waals surface area contributed by atoms with Crippen molar-refractivity contribution in [3.63, 3.8) is 0 Å². The predicted molar refractivity (Wildman–Crippen MR) is 167 cm³/mol. The van der Waals surface area contributed by atoms with Crippen molar-refractivity contribution in [2.45, 2.75) is 12.5 Å². The third-order valence-corrected chi connectivity index (χ3v) is 8.11. The number of anilines is 1. The monoisotopic (exact) mass is 609 g/mol. The van der Waals surface area contributed by atoms with Crippen LogP contribution in [0, 0.1) is 0 Å². The number of rotatable bonds is 9. The summed E-state index contributed by atoms with van der Waals surface area (Å²) in [5.41, 5.74) is 3.80. The van der Waals surface area contributed by atoms with E-state index in [0.717, 1.165) is 27.0 Å². The third-order valence-electron chi connectivity index (χ3n) is 6.87. The van der Waals surface area contributed by atoms with Gasteiger partial charge in [0, 0.05) is 41.0 Å². The maximum absolute atomic E-state index is 13.5. The number of thiophene rings is 1. The molecule has 0 bridgehead atoms. The van der Waals surface area contributed by atoms with Crippen LogP contribution >= 0.6 is 22.9 Å². The third kappa shape index (κ3) is 6.06. The summed E-state index contributed by atoms with van der Waals surface area (Å²) in [6.45, 7) is 0. The Morgan fingerprint density at radius 3 is 2.51 bits per heavy atom. The number of carbonyl (C=O) groups is 3. The largest absolute Gasteiger partial charge is 0.480 e. The van der Waals surface area contributed by atoms with Gasteiger partial charge in [0.2, 0.25) is 0 Å². The first-order chi connectivity index (χ1) is 20.9. The fourth-order valence-corrected chi connectivity index (χ4v) is 5.82. The van der Waals surface area contributed by atoms with Crippen molar-refractivity contribution in [1.29, 1.82) is 0 Å². The summed E-state index contributed by atoms with van der Waals surface area (Å²) in [5.74, 6) is -2.16. The molecule has 3 heterocycles. The molecule has 214 valence electrons. The minimum atomic E-state index is -1.16. The lowest BCUT2D eigenvalue weighted by Gasteiger charge is -2.15. The summed E-state index contributed by atoms with van der Waals surface area (Å²) in [6.07, 6.45) is 3.50. The summed E-state index contributed by atoms with van der Waals surface area (Å²) in [5, 5.41) is 20.9. The number of aromatic nitrogens is 3. The lowest BCUT2D eigenvalue weighted by atomic mass is 10.0. The first kappa shape index (κ1) is 28.0. The number of H-pyrrole nitrogens is 1. The number of carboxylic acids is 1. The van der Waals surface area contributed by atoms with Crippen molar-refractivity contribution in [2.24, 2.45) is 0 Å². The van der Waals surface area contributed by atoms with Gasteiger partial charge in [-0.2, -0.15) is 5.10 Å². The molecular weight excluding hydrogens is 586 g/mol. The van der Waals surface area contributed by atoms with Crippen LogP contribution in [-0.2, 0) is 11.2 Å². The average Bonchev–Trinajstić information content (AvgIpc) is 3.76. The normalized spacial score (nSPS) is 11.7. The maximum atomic E-state index is 13.5. The van der Waals surface area contributed by atoms with Gasteiger partial charge in [-0.1, -0.05) is 54.1 Å². The Labute approximate surface area is 254 Å². The van der Waals surface area contributed by atoms with Crippen molar-refractivity contribution in [1.82, 2.24) is 20.1 Å². The highest BCUT2D eigenvalue weighted by Crippen LogP contribution is 2.33. The Balaban J connectivity index is 1.21. The zero-order valence-electron chi connectivity index (χ0n) is 22.5. The molecule has 0 saturated heterocycles. The Morgan fingerprint density at radius 1 is 0.953 bits per heavy atom. The number of para-hydroxylation sites is 2. The molecule has 3 aromatic heterocycles. The molecule has 0 aliphatic heterocycles. The van der Waals surface area contributed by atoms with Crippen LogP contribution in [0.2, 0.25) is 4.34 Å². The number of hydrogen-bond acceptors (Lipinski definition) is 5. The lowest BCUT2D eigenvalue weighted by molar-refractivity contribution is -0.139. The van der Waals surface area contributed by atoms with Crippen molar-refractivity contribution in [2.75, 3.05) is 5.32 Å². The fourth-order valence-electron chi connectivity index (χ4n) is 4.78. The van der Waals surface area contributed by atoms with Crippen LogP contribution < -0.4 is 10.6 Å². The summed E-state index contributed by atoms with van der Waals surface area (Å²) < 4.78 is 2.19. The van der Waals surface area contributed by atoms with Crippen LogP contribution in [0.25, 0.3) is 27.2 Å². The van der Waals surface area contributed by atoms with Crippen LogP contribution in [0.5, 0.6) is 0 Å². The minimum Gasteiger partial charge on any atom is -0.480 e. The molecule has 3 aromatic carbocycles. The van der Waals surface area contributed by atoms with Crippen molar-refractivity contribution >= 4 is 57.3 Å². The quantitative estimate of drug-likeness (QED) is 0.150. The van der Waals surface area contributed by atoms with Crippen molar-refractivity contribution < 1.29 is 19.5 Å². The van der Waals surface area contributed by atoms with Crippen LogP contribution in [0.15, 0.2) is 103 Å². The first-order valence-corrected chi connectivity index (χ1v) is 14.5. The highest BCUT2D eigenvalue weighted by molar-refractivity contribution is 7.19. The summed E-state index contributed by atoms with van der Waals surface area (Å²) in [6, 6.07) is 25.7. The average molecular weight is 610 g/mol. The van der Waals surface area contributed by atoms with E-state index >= 15 is 0 Å². The van der Waals surface area contributed by atoms with E-state index < -0.39 is 23.8 Å². The van der Waals surface area contributed by atoms with Gasteiger partial charge >= 0.3 is 5.97 Å². The van der Waals surface area contributed by atoms with Gasteiger partial charge < -0.3 is 20.7 Å². The van der Waals surface area contributed by atoms with E-state index in [1.165, 1.54) is 17.4 Å². The van der Waals surface area contributed by atoms with E-state index in [1.807, 2.05) is 60.7 Å². The molecule has 0 spiro atoms. The number of fused-ring (bicyclic) bond motifs is 1. The number of halogens is 1. The van der Waals surface area contributed by atoms with E-state index in [-0.39, 0.29) is 12.0 Å². The molecule has 0 aliphatic rings. The number of aromatic amines is 1. The number of carbonyl (C=O) groups excluding carboxylic acids is 2. The molecule has 6 rings (SSSR count). The molecule has 43 heavy (non-hydrogen) atoms. The molecule has 4 N–H and O–H groups in total. The summed E-state index contributed by atoms with van der Waals surface area (Å²) in [4.78, 5) is 42.6. The molecule has 6 aromatic rings. The number of nitrogens with one attached hydrogen (secondary N) is 3. The van der Waals surface area contributed by atoms with Gasteiger partial charge in [0.1, 0.15) is 11.7 Å². The second-order valence-electron chi connectivity index (χ2n) is 9.74. The Bertz CT molecular complexity index is 1960. The maximum Gasteiger partial charge on any atom is 0.326 e. The first-order valence-electron chi connectivity index (χ1n) is 13.3.